The molecule has 0 heterocycles. The van der Waals surface area contributed by atoms with E-state index in [-0.39, 0.29) is 10.4 Å². The van der Waals surface area contributed by atoms with Crippen molar-refractivity contribution in [2.45, 2.75) is 18.2 Å². The Morgan fingerprint density at radius 3 is 2.65 bits per heavy atom. The minimum absolute atomic E-state index is 0.101. The lowest BCUT2D eigenvalue weighted by molar-refractivity contribution is 0.0789. The van der Waals surface area contributed by atoms with E-state index in [1.165, 1.54) is 11.0 Å². The highest BCUT2D eigenvalue weighted by atomic mass is 79.9. The molecular weight excluding hydrogens is 292 g/mol. The Balaban J connectivity index is 2.75. The summed E-state index contributed by atoms with van der Waals surface area (Å²) in [6.07, 6.45) is 0.769. The lowest BCUT2D eigenvalue weighted by atomic mass is 10.2. The molecule has 1 amide bonds. The number of alkyl halides is 1. The van der Waals surface area contributed by atoms with Gasteiger partial charge in [0.1, 0.15) is 11.6 Å². The van der Waals surface area contributed by atoms with E-state index >= 15 is 0 Å². The molecule has 1 unspecified atom stereocenters. The van der Waals surface area contributed by atoms with E-state index in [0.717, 1.165) is 12.5 Å². The van der Waals surface area contributed by atoms with Gasteiger partial charge in [-0.3, -0.25) is 4.79 Å². The molecule has 2 nitrogen and oxygen atoms in total. The van der Waals surface area contributed by atoms with Crippen LogP contribution in [0.25, 0.3) is 0 Å². The van der Waals surface area contributed by atoms with E-state index < -0.39 is 17.5 Å². The predicted octanol–water partition coefficient (Wildman–Crippen LogP) is 3.21. The second kappa shape index (κ2) is 6.10. The molecule has 0 saturated carbocycles. The summed E-state index contributed by atoms with van der Waals surface area (Å²) >= 11 is 3.37. The zero-order chi connectivity index (χ0) is 13.0. The van der Waals surface area contributed by atoms with Crippen molar-refractivity contribution < 1.29 is 13.6 Å². The molecular formula is C12H14BrF2NO. The summed E-state index contributed by atoms with van der Waals surface area (Å²) in [6, 6.07) is 2.96. The van der Waals surface area contributed by atoms with Crippen LogP contribution in [0.3, 0.4) is 0 Å². The number of benzene rings is 1. The largest absolute Gasteiger partial charge is 0.342 e. The molecule has 17 heavy (non-hydrogen) atoms. The molecule has 94 valence electrons. The lowest BCUT2D eigenvalue weighted by Gasteiger charge is -2.18. The molecule has 1 rings (SSSR count). The van der Waals surface area contributed by atoms with Gasteiger partial charge < -0.3 is 4.90 Å². The van der Waals surface area contributed by atoms with E-state index in [9.17, 15) is 13.6 Å². The predicted molar refractivity (Wildman–Crippen MR) is 66.3 cm³/mol. The zero-order valence-corrected chi connectivity index (χ0v) is 11.3. The number of carbonyl (C=O) groups is 1. The normalized spacial score (nSPS) is 12.3. The summed E-state index contributed by atoms with van der Waals surface area (Å²) in [4.78, 5) is 13.5. The Hall–Kier alpha value is -0.970. The van der Waals surface area contributed by atoms with Gasteiger partial charge in [0.25, 0.3) is 5.91 Å². The smallest absolute Gasteiger partial charge is 0.256 e. The summed E-state index contributed by atoms with van der Waals surface area (Å²) in [5, 5.41) is 0. The number of nitrogens with zero attached hydrogens (tertiary/aromatic N) is 1. The highest BCUT2D eigenvalue weighted by Gasteiger charge is 2.16. The van der Waals surface area contributed by atoms with Crippen molar-refractivity contribution in [3.63, 3.8) is 0 Å². The maximum absolute atomic E-state index is 13.4. The monoisotopic (exact) mass is 305 g/mol. The van der Waals surface area contributed by atoms with Gasteiger partial charge in [0.05, 0.1) is 5.56 Å². The van der Waals surface area contributed by atoms with Gasteiger partial charge in [0.15, 0.2) is 0 Å². The van der Waals surface area contributed by atoms with Gasteiger partial charge in [-0.25, -0.2) is 8.78 Å². The van der Waals surface area contributed by atoms with Crippen LogP contribution >= 0.6 is 15.9 Å². The van der Waals surface area contributed by atoms with Gasteiger partial charge in [-0.2, -0.15) is 0 Å². The summed E-state index contributed by atoms with van der Waals surface area (Å²) in [5.74, 6) is -1.94. The molecule has 0 N–H and O–H groups in total. The van der Waals surface area contributed by atoms with Crippen LogP contribution in [-0.2, 0) is 0 Å². The fraction of sp³-hybridized carbons (Fsp3) is 0.417. The van der Waals surface area contributed by atoms with E-state index in [2.05, 4.69) is 15.9 Å². The van der Waals surface area contributed by atoms with E-state index in [1.807, 2.05) is 6.92 Å². The molecule has 0 aliphatic rings. The number of carbonyl (C=O) groups excluding carboxylic acids is 1. The SMILES string of the molecule is CC(Br)CCN(C)C(=O)c1ccc(F)cc1F. The molecule has 0 fully saturated rings. The second-order valence-electron chi connectivity index (χ2n) is 3.92. The minimum atomic E-state index is -0.825. The summed E-state index contributed by atoms with van der Waals surface area (Å²) in [5.41, 5.74) is -0.101. The molecule has 0 radical (unpaired) electrons. The molecule has 0 spiro atoms. The van der Waals surface area contributed by atoms with Crippen LogP contribution in [0.5, 0.6) is 0 Å². The van der Waals surface area contributed by atoms with Crippen molar-refractivity contribution >= 4 is 21.8 Å². The van der Waals surface area contributed by atoms with Crippen molar-refractivity contribution in [3.8, 4) is 0 Å². The van der Waals surface area contributed by atoms with Crippen LogP contribution in [-0.4, -0.2) is 29.2 Å². The third-order valence-corrected chi connectivity index (χ3v) is 2.83. The zero-order valence-electron chi connectivity index (χ0n) is 9.71. The quantitative estimate of drug-likeness (QED) is 0.782. The van der Waals surface area contributed by atoms with E-state index in [1.54, 1.807) is 7.05 Å². The van der Waals surface area contributed by atoms with Gasteiger partial charge in [-0.15, -0.1) is 0 Å². The van der Waals surface area contributed by atoms with Crippen LogP contribution < -0.4 is 0 Å². The Morgan fingerprint density at radius 2 is 2.12 bits per heavy atom. The molecule has 1 aromatic rings. The van der Waals surface area contributed by atoms with E-state index in [4.69, 9.17) is 0 Å². The van der Waals surface area contributed by atoms with Crippen LogP contribution in [0.2, 0.25) is 0 Å². The summed E-state index contributed by atoms with van der Waals surface area (Å²) in [7, 11) is 1.60. The van der Waals surface area contributed by atoms with Crippen molar-refractivity contribution in [1.82, 2.24) is 4.90 Å². The summed E-state index contributed by atoms with van der Waals surface area (Å²) in [6.45, 7) is 2.48. The molecule has 1 atom stereocenters. The first-order valence-electron chi connectivity index (χ1n) is 5.26. The first kappa shape index (κ1) is 14.1. The van der Waals surface area contributed by atoms with Crippen molar-refractivity contribution in [2.24, 2.45) is 0 Å². The topological polar surface area (TPSA) is 20.3 Å². The van der Waals surface area contributed by atoms with Gasteiger partial charge >= 0.3 is 0 Å². The first-order valence-corrected chi connectivity index (χ1v) is 6.18. The number of hydrogen-bond acceptors (Lipinski definition) is 1. The highest BCUT2D eigenvalue weighted by Crippen LogP contribution is 2.12. The Labute approximate surface area is 108 Å². The number of rotatable bonds is 4. The Morgan fingerprint density at radius 1 is 1.47 bits per heavy atom. The Kier molecular flexibility index (Phi) is 5.05. The molecule has 1 aromatic carbocycles. The molecule has 0 aliphatic carbocycles. The molecule has 0 aromatic heterocycles. The Bertz CT molecular complexity index is 409. The van der Waals surface area contributed by atoms with Gasteiger partial charge in [0, 0.05) is 24.5 Å². The average molecular weight is 306 g/mol. The number of hydrogen-bond donors (Lipinski definition) is 0. The number of amides is 1. The maximum Gasteiger partial charge on any atom is 0.256 e. The number of halogens is 3. The third kappa shape index (κ3) is 4.07. The average Bonchev–Trinajstić information content (AvgIpc) is 2.25. The van der Waals surface area contributed by atoms with Gasteiger partial charge in [0.2, 0.25) is 0 Å². The van der Waals surface area contributed by atoms with Crippen LogP contribution in [0, 0.1) is 11.6 Å². The van der Waals surface area contributed by atoms with Gasteiger partial charge in [-0.05, 0) is 18.6 Å². The van der Waals surface area contributed by atoms with Crippen molar-refractivity contribution in [3.05, 3.63) is 35.4 Å². The molecule has 0 aliphatic heterocycles. The van der Waals surface area contributed by atoms with Crippen LogP contribution in [0.4, 0.5) is 8.78 Å². The second-order valence-corrected chi connectivity index (χ2v) is 5.48. The van der Waals surface area contributed by atoms with Crippen LogP contribution in [0.15, 0.2) is 18.2 Å². The fourth-order valence-electron chi connectivity index (χ4n) is 1.34. The van der Waals surface area contributed by atoms with E-state index in [0.29, 0.717) is 12.6 Å². The molecule has 0 saturated heterocycles. The fourth-order valence-corrected chi connectivity index (χ4v) is 1.55. The third-order valence-electron chi connectivity index (χ3n) is 2.37. The van der Waals surface area contributed by atoms with Crippen molar-refractivity contribution in [1.29, 1.82) is 0 Å². The van der Waals surface area contributed by atoms with Crippen LogP contribution in [0.1, 0.15) is 23.7 Å². The molecule has 5 heteroatoms. The highest BCUT2D eigenvalue weighted by molar-refractivity contribution is 9.09. The first-order chi connectivity index (χ1) is 7.91. The minimum Gasteiger partial charge on any atom is -0.342 e. The lowest BCUT2D eigenvalue weighted by Crippen LogP contribution is -2.29. The van der Waals surface area contributed by atoms with Crippen molar-refractivity contribution in [2.75, 3.05) is 13.6 Å². The standard InChI is InChI=1S/C12H14BrF2NO/c1-8(13)5-6-16(2)12(17)10-4-3-9(14)7-11(10)15/h3-4,7-8H,5-6H2,1-2H3. The van der Waals surface area contributed by atoms with Gasteiger partial charge in [-0.1, -0.05) is 22.9 Å². The molecule has 0 bridgehead atoms. The maximum atomic E-state index is 13.4. The summed E-state index contributed by atoms with van der Waals surface area (Å²) < 4.78 is 26.1.